The molecule has 3 aromatic rings. The van der Waals surface area contributed by atoms with E-state index in [0.29, 0.717) is 0 Å². The first-order valence-corrected chi connectivity index (χ1v) is 7.89. The Balaban J connectivity index is 2.07. The Hall–Kier alpha value is -1.03. The van der Waals surface area contributed by atoms with E-state index >= 15 is 0 Å². The molecule has 0 bridgehead atoms. The van der Waals surface area contributed by atoms with Crippen LogP contribution >= 0.6 is 34.7 Å². The molecular weight excluding hydrogens is 282 g/mol. The van der Waals surface area contributed by atoms with Crippen molar-refractivity contribution >= 4 is 44.9 Å². The number of fused-ring (bicyclic) bond motifs is 1. The van der Waals surface area contributed by atoms with Gasteiger partial charge in [-0.3, -0.25) is 0 Å². The molecule has 18 heavy (non-hydrogen) atoms. The van der Waals surface area contributed by atoms with Crippen LogP contribution in [0.15, 0.2) is 47.4 Å². The van der Waals surface area contributed by atoms with Gasteiger partial charge in [0.15, 0.2) is 0 Å². The minimum absolute atomic E-state index is 0.733. The molecule has 0 spiro atoms. The fourth-order valence-corrected chi connectivity index (χ4v) is 3.28. The van der Waals surface area contributed by atoms with Gasteiger partial charge in [0.25, 0.3) is 0 Å². The molecule has 0 radical (unpaired) electrons. The zero-order valence-electron chi connectivity index (χ0n) is 9.68. The highest BCUT2D eigenvalue weighted by atomic mass is 35.5. The van der Waals surface area contributed by atoms with E-state index in [9.17, 15) is 0 Å². The Morgan fingerprint density at radius 3 is 2.61 bits per heavy atom. The van der Waals surface area contributed by atoms with E-state index in [1.807, 2.05) is 18.2 Å². The standard InChI is InChI=1S/C14H10ClNS2/c1-17-11-5-2-9(3-6-11)14-16-12-8-10(15)4-7-13(12)18-14/h2-8H,1H3. The van der Waals surface area contributed by atoms with Crippen LogP contribution in [0, 0.1) is 0 Å². The molecule has 0 aliphatic heterocycles. The Morgan fingerprint density at radius 1 is 1.11 bits per heavy atom. The Morgan fingerprint density at radius 2 is 1.89 bits per heavy atom. The number of thiazole rings is 1. The number of rotatable bonds is 2. The highest BCUT2D eigenvalue weighted by Crippen LogP contribution is 2.32. The van der Waals surface area contributed by atoms with E-state index in [1.54, 1.807) is 23.1 Å². The quantitative estimate of drug-likeness (QED) is 0.591. The molecule has 0 atom stereocenters. The molecular formula is C14H10ClNS2. The van der Waals surface area contributed by atoms with Gasteiger partial charge in [-0.25, -0.2) is 4.98 Å². The third-order valence-corrected chi connectivity index (χ3v) is 4.75. The molecule has 0 aliphatic carbocycles. The van der Waals surface area contributed by atoms with Crippen LogP contribution < -0.4 is 0 Å². The van der Waals surface area contributed by atoms with Crippen LogP contribution in [0.4, 0.5) is 0 Å². The van der Waals surface area contributed by atoms with Crippen molar-refractivity contribution in [2.24, 2.45) is 0 Å². The molecule has 0 amide bonds. The second kappa shape index (κ2) is 4.92. The Labute approximate surface area is 119 Å². The summed E-state index contributed by atoms with van der Waals surface area (Å²) in [6.45, 7) is 0. The third kappa shape index (κ3) is 2.26. The van der Waals surface area contributed by atoms with Crippen molar-refractivity contribution in [2.75, 3.05) is 6.26 Å². The maximum atomic E-state index is 5.98. The van der Waals surface area contributed by atoms with Crippen LogP contribution in [0.5, 0.6) is 0 Å². The summed E-state index contributed by atoms with van der Waals surface area (Å²) >= 11 is 9.42. The zero-order chi connectivity index (χ0) is 12.5. The monoisotopic (exact) mass is 291 g/mol. The first kappa shape index (κ1) is 12.0. The number of hydrogen-bond acceptors (Lipinski definition) is 3. The van der Waals surface area contributed by atoms with Gasteiger partial charge in [-0.1, -0.05) is 23.7 Å². The molecule has 0 unspecified atom stereocenters. The predicted octanol–water partition coefficient (Wildman–Crippen LogP) is 5.34. The zero-order valence-corrected chi connectivity index (χ0v) is 12.1. The van der Waals surface area contributed by atoms with Gasteiger partial charge in [-0.05, 0) is 36.6 Å². The molecule has 90 valence electrons. The van der Waals surface area contributed by atoms with Crippen LogP contribution in [0.25, 0.3) is 20.8 Å². The van der Waals surface area contributed by atoms with Crippen LogP contribution in [0.2, 0.25) is 5.02 Å². The van der Waals surface area contributed by atoms with Gasteiger partial charge < -0.3 is 0 Å². The van der Waals surface area contributed by atoms with Gasteiger partial charge in [0.1, 0.15) is 5.01 Å². The lowest BCUT2D eigenvalue weighted by Gasteiger charge is -1.97. The topological polar surface area (TPSA) is 12.9 Å². The van der Waals surface area contributed by atoms with Crippen LogP contribution in [-0.4, -0.2) is 11.2 Å². The lowest BCUT2D eigenvalue weighted by atomic mass is 10.2. The summed E-state index contributed by atoms with van der Waals surface area (Å²) in [4.78, 5) is 5.89. The molecule has 0 saturated heterocycles. The Kier molecular flexibility index (Phi) is 3.29. The first-order valence-electron chi connectivity index (χ1n) is 5.47. The SMILES string of the molecule is CSc1ccc(-c2nc3cc(Cl)ccc3s2)cc1. The van der Waals surface area contributed by atoms with Gasteiger partial charge in [-0.15, -0.1) is 23.1 Å². The molecule has 4 heteroatoms. The van der Waals surface area contributed by atoms with Gasteiger partial charge in [0.2, 0.25) is 0 Å². The molecule has 1 heterocycles. The molecule has 0 saturated carbocycles. The van der Waals surface area contributed by atoms with Crippen molar-refractivity contribution in [3.05, 3.63) is 47.5 Å². The fourth-order valence-electron chi connectivity index (χ4n) is 1.76. The fraction of sp³-hybridized carbons (Fsp3) is 0.0714. The van der Waals surface area contributed by atoms with E-state index in [2.05, 4.69) is 35.5 Å². The van der Waals surface area contributed by atoms with Crippen LogP contribution in [0.1, 0.15) is 0 Å². The lowest BCUT2D eigenvalue weighted by Crippen LogP contribution is -1.76. The summed E-state index contributed by atoms with van der Waals surface area (Å²) in [6, 6.07) is 14.3. The van der Waals surface area contributed by atoms with Crippen molar-refractivity contribution in [3.8, 4) is 10.6 Å². The van der Waals surface area contributed by atoms with Crippen LogP contribution in [-0.2, 0) is 0 Å². The van der Waals surface area contributed by atoms with E-state index in [1.165, 1.54) is 9.60 Å². The average Bonchev–Trinajstić information content (AvgIpc) is 2.81. The molecule has 0 N–H and O–H groups in total. The smallest absolute Gasteiger partial charge is 0.124 e. The highest BCUT2D eigenvalue weighted by molar-refractivity contribution is 7.98. The van der Waals surface area contributed by atoms with Gasteiger partial charge in [0, 0.05) is 15.5 Å². The van der Waals surface area contributed by atoms with Gasteiger partial charge in [-0.2, -0.15) is 0 Å². The van der Waals surface area contributed by atoms with Gasteiger partial charge in [0.05, 0.1) is 10.2 Å². The molecule has 2 aromatic carbocycles. The van der Waals surface area contributed by atoms with Gasteiger partial charge >= 0.3 is 0 Å². The number of aromatic nitrogens is 1. The Bertz CT molecular complexity index is 689. The summed E-state index contributed by atoms with van der Waals surface area (Å²) in [5, 5.41) is 1.78. The minimum atomic E-state index is 0.733. The van der Waals surface area contributed by atoms with E-state index in [-0.39, 0.29) is 0 Å². The van der Waals surface area contributed by atoms with Crippen molar-refractivity contribution < 1.29 is 0 Å². The summed E-state index contributed by atoms with van der Waals surface area (Å²) in [5.41, 5.74) is 2.13. The van der Waals surface area contributed by atoms with Crippen LogP contribution in [0.3, 0.4) is 0 Å². The largest absolute Gasteiger partial charge is 0.236 e. The predicted molar refractivity (Wildman–Crippen MR) is 81.8 cm³/mol. The van der Waals surface area contributed by atoms with Crippen molar-refractivity contribution in [1.82, 2.24) is 4.98 Å². The number of hydrogen-bond donors (Lipinski definition) is 0. The number of thioether (sulfide) groups is 1. The molecule has 3 rings (SSSR count). The summed E-state index contributed by atoms with van der Waals surface area (Å²) in [5.74, 6) is 0. The highest BCUT2D eigenvalue weighted by Gasteiger charge is 2.06. The van der Waals surface area contributed by atoms with Crippen molar-refractivity contribution in [2.45, 2.75) is 4.90 Å². The number of halogens is 1. The molecule has 0 aliphatic rings. The lowest BCUT2D eigenvalue weighted by molar-refractivity contribution is 1.43. The number of benzene rings is 2. The molecule has 1 nitrogen and oxygen atoms in total. The van der Waals surface area contributed by atoms with E-state index in [4.69, 9.17) is 11.6 Å². The normalized spacial score (nSPS) is 11.0. The van der Waals surface area contributed by atoms with E-state index in [0.717, 1.165) is 21.1 Å². The second-order valence-corrected chi connectivity index (χ2v) is 6.21. The van der Waals surface area contributed by atoms with E-state index < -0.39 is 0 Å². The molecule has 0 fully saturated rings. The molecule has 1 aromatic heterocycles. The summed E-state index contributed by atoms with van der Waals surface area (Å²) in [6.07, 6.45) is 2.08. The third-order valence-electron chi connectivity index (χ3n) is 2.69. The van der Waals surface area contributed by atoms with Crippen molar-refractivity contribution in [1.29, 1.82) is 0 Å². The minimum Gasteiger partial charge on any atom is -0.236 e. The van der Waals surface area contributed by atoms with Crippen molar-refractivity contribution in [3.63, 3.8) is 0 Å². The second-order valence-electron chi connectivity index (χ2n) is 3.86. The number of nitrogens with zero attached hydrogens (tertiary/aromatic N) is 1. The average molecular weight is 292 g/mol. The maximum absolute atomic E-state index is 5.98. The first-order chi connectivity index (χ1) is 8.76. The maximum Gasteiger partial charge on any atom is 0.124 e. The summed E-state index contributed by atoms with van der Waals surface area (Å²) < 4.78 is 1.17. The summed E-state index contributed by atoms with van der Waals surface area (Å²) in [7, 11) is 0.